The summed E-state index contributed by atoms with van der Waals surface area (Å²) in [5.41, 5.74) is 3.38. The van der Waals surface area contributed by atoms with Gasteiger partial charge in [0.1, 0.15) is 11.5 Å². The largest absolute Gasteiger partial charge is 0.508 e. The predicted molar refractivity (Wildman–Crippen MR) is 115 cm³/mol. The maximum Gasteiger partial charge on any atom is 0.306 e. The number of thioether (sulfide) groups is 1. The summed E-state index contributed by atoms with van der Waals surface area (Å²) >= 11 is 6.24. The number of amides is 2. The summed E-state index contributed by atoms with van der Waals surface area (Å²) in [6.07, 6.45) is 1.49. The summed E-state index contributed by atoms with van der Waals surface area (Å²) < 4.78 is 5.56. The number of rotatable bonds is 7. The van der Waals surface area contributed by atoms with E-state index in [0.29, 0.717) is 16.2 Å². The Hall–Kier alpha value is -3.37. The Bertz CT molecular complexity index is 1040. The molecule has 2 aromatic rings. The molecule has 3 N–H and O–H groups in total. The molecule has 1 saturated heterocycles. The Morgan fingerprint density at radius 3 is 2.63 bits per heavy atom. The molecule has 1 fully saturated rings. The molecule has 8 nitrogen and oxygen atoms in total. The quantitative estimate of drug-likeness (QED) is 0.441. The van der Waals surface area contributed by atoms with Crippen molar-refractivity contribution in [2.75, 3.05) is 6.61 Å². The number of phenolic OH excluding ortho intramolecular Hbond substituents is 1. The van der Waals surface area contributed by atoms with Crippen molar-refractivity contribution in [2.24, 2.45) is 0 Å². The molecule has 10 heteroatoms. The molecular weight excluding hydrogens is 428 g/mol. The van der Waals surface area contributed by atoms with Crippen LogP contribution in [0.1, 0.15) is 22.3 Å². The second-order valence-corrected chi connectivity index (χ2v) is 7.75. The molecule has 0 radical (unpaired) electrons. The number of carbonyl (C=O) groups excluding carboxylic acids is 2. The van der Waals surface area contributed by atoms with Crippen molar-refractivity contribution >= 4 is 52.2 Å². The topological polar surface area (TPSA) is 116 Å². The molecule has 0 aromatic heterocycles. The third kappa shape index (κ3) is 5.37. The summed E-state index contributed by atoms with van der Waals surface area (Å²) in [6, 6.07) is 12.4. The van der Waals surface area contributed by atoms with E-state index in [1.165, 1.54) is 24.3 Å². The maximum absolute atomic E-state index is 12.7. The fraction of sp³-hybridized carbons (Fsp3) is 0.100. The van der Waals surface area contributed by atoms with Gasteiger partial charge in [0.05, 0.1) is 17.9 Å². The lowest BCUT2D eigenvalue weighted by Crippen LogP contribution is -2.44. The lowest BCUT2D eigenvalue weighted by Gasteiger charge is -2.15. The Balaban J connectivity index is 1.69. The molecule has 0 spiro atoms. The van der Waals surface area contributed by atoms with Gasteiger partial charge >= 0.3 is 5.97 Å². The van der Waals surface area contributed by atoms with Gasteiger partial charge in [-0.15, -0.1) is 0 Å². The fourth-order valence-corrected chi connectivity index (χ4v) is 3.62. The van der Waals surface area contributed by atoms with Crippen LogP contribution in [0.5, 0.6) is 11.5 Å². The first kappa shape index (κ1) is 21.3. The monoisotopic (exact) mass is 444 g/mol. The first-order chi connectivity index (χ1) is 14.3. The number of nitrogens with zero attached hydrogens (tertiary/aromatic N) is 1. The molecule has 0 bridgehead atoms. The van der Waals surface area contributed by atoms with E-state index in [-0.39, 0.29) is 28.7 Å². The van der Waals surface area contributed by atoms with E-state index in [0.717, 1.165) is 16.8 Å². The molecule has 30 heavy (non-hydrogen) atoms. The highest BCUT2D eigenvalue weighted by Gasteiger charge is 2.33. The maximum atomic E-state index is 12.7. The standard InChI is InChI=1S/C20H16N2O6S2/c23-14-6-4-13(5-7-14)18(26)21-22-19(27)16(30-20(22)29)11-12-2-1-3-15(10-12)28-9-8-17(24)25/h1-7,10-11,23H,8-9H2,(H,21,26)(H,24,25)/b16-11-. The van der Waals surface area contributed by atoms with Gasteiger partial charge < -0.3 is 14.9 Å². The van der Waals surface area contributed by atoms with Crippen LogP contribution in [0.4, 0.5) is 0 Å². The Kier molecular flexibility index (Phi) is 6.70. The zero-order valence-electron chi connectivity index (χ0n) is 15.4. The molecule has 2 aromatic carbocycles. The molecule has 1 aliphatic rings. The molecule has 3 rings (SSSR count). The van der Waals surface area contributed by atoms with Crippen LogP contribution in [0.3, 0.4) is 0 Å². The van der Waals surface area contributed by atoms with Crippen molar-refractivity contribution in [3.05, 3.63) is 64.6 Å². The van der Waals surface area contributed by atoms with Gasteiger partial charge in [0.2, 0.25) is 0 Å². The number of hydrogen-bond donors (Lipinski definition) is 3. The van der Waals surface area contributed by atoms with Gasteiger partial charge in [-0.25, -0.2) is 0 Å². The second-order valence-electron chi connectivity index (χ2n) is 6.07. The lowest BCUT2D eigenvalue weighted by molar-refractivity contribution is -0.137. The van der Waals surface area contributed by atoms with Gasteiger partial charge in [0.25, 0.3) is 11.8 Å². The third-order valence-electron chi connectivity index (χ3n) is 3.88. The minimum absolute atomic E-state index is 0.0225. The van der Waals surface area contributed by atoms with E-state index in [2.05, 4.69) is 5.43 Å². The molecule has 154 valence electrons. The van der Waals surface area contributed by atoms with Crippen LogP contribution in [-0.2, 0) is 9.59 Å². The van der Waals surface area contributed by atoms with Gasteiger partial charge in [-0.2, -0.15) is 5.01 Å². The molecular formula is C20H16N2O6S2. The van der Waals surface area contributed by atoms with Crippen LogP contribution >= 0.6 is 24.0 Å². The highest BCUT2D eigenvalue weighted by Crippen LogP contribution is 2.32. The highest BCUT2D eigenvalue weighted by molar-refractivity contribution is 8.26. The molecule has 1 heterocycles. The zero-order chi connectivity index (χ0) is 21.7. The summed E-state index contributed by atoms with van der Waals surface area (Å²) in [7, 11) is 0. The van der Waals surface area contributed by atoms with Gasteiger partial charge in [0.15, 0.2) is 4.32 Å². The number of aromatic hydroxyl groups is 1. The number of nitrogens with one attached hydrogen (secondary N) is 1. The van der Waals surface area contributed by atoms with E-state index in [9.17, 15) is 19.5 Å². The SMILES string of the molecule is O=C(O)CCOc1cccc(/C=C2\SC(=S)N(NC(=O)c3ccc(O)cc3)C2=O)c1. The van der Waals surface area contributed by atoms with Crippen LogP contribution in [0.15, 0.2) is 53.4 Å². The normalized spacial score (nSPS) is 14.8. The van der Waals surface area contributed by atoms with Crippen molar-refractivity contribution in [2.45, 2.75) is 6.42 Å². The zero-order valence-corrected chi connectivity index (χ0v) is 17.0. The van der Waals surface area contributed by atoms with Crippen molar-refractivity contribution in [1.29, 1.82) is 0 Å². The van der Waals surface area contributed by atoms with Gasteiger partial charge in [-0.1, -0.05) is 23.9 Å². The number of thiocarbonyl (C=S) groups is 1. The second kappa shape index (κ2) is 9.42. The van der Waals surface area contributed by atoms with E-state index < -0.39 is 17.8 Å². The number of phenols is 1. The van der Waals surface area contributed by atoms with Crippen LogP contribution in [0, 0.1) is 0 Å². The predicted octanol–water partition coefficient (Wildman–Crippen LogP) is 2.79. The smallest absolute Gasteiger partial charge is 0.306 e. The molecule has 1 aliphatic heterocycles. The number of hydrogen-bond acceptors (Lipinski definition) is 7. The van der Waals surface area contributed by atoms with Gasteiger partial charge in [-0.05, 0) is 60.3 Å². The van der Waals surface area contributed by atoms with E-state index in [4.69, 9.17) is 22.1 Å². The van der Waals surface area contributed by atoms with E-state index in [1.54, 1.807) is 30.3 Å². The van der Waals surface area contributed by atoms with Crippen molar-refractivity contribution < 1.29 is 29.3 Å². The first-order valence-corrected chi connectivity index (χ1v) is 9.88. The van der Waals surface area contributed by atoms with Crippen LogP contribution in [-0.4, -0.2) is 43.9 Å². The van der Waals surface area contributed by atoms with Crippen molar-refractivity contribution in [3.8, 4) is 11.5 Å². The summed E-state index contributed by atoms with van der Waals surface area (Å²) in [5, 5.41) is 19.0. The van der Waals surface area contributed by atoms with Crippen LogP contribution < -0.4 is 10.2 Å². The molecule has 0 saturated carbocycles. The summed E-state index contributed by atoms with van der Waals surface area (Å²) in [5.74, 6) is -1.48. The Labute approximate surface area is 181 Å². The number of carbonyl (C=O) groups is 3. The Morgan fingerprint density at radius 1 is 1.20 bits per heavy atom. The van der Waals surface area contributed by atoms with Crippen LogP contribution in [0.2, 0.25) is 0 Å². The number of carboxylic acids is 1. The lowest BCUT2D eigenvalue weighted by atomic mass is 10.2. The van der Waals surface area contributed by atoms with Gasteiger partial charge in [-0.3, -0.25) is 19.8 Å². The van der Waals surface area contributed by atoms with Gasteiger partial charge in [0, 0.05) is 5.56 Å². The number of benzene rings is 2. The molecule has 0 unspecified atom stereocenters. The minimum Gasteiger partial charge on any atom is -0.508 e. The first-order valence-electron chi connectivity index (χ1n) is 8.66. The van der Waals surface area contributed by atoms with Crippen LogP contribution in [0.25, 0.3) is 6.08 Å². The number of carboxylic acid groups (broad SMARTS) is 1. The highest BCUT2D eigenvalue weighted by atomic mass is 32.2. The summed E-state index contributed by atoms with van der Waals surface area (Å²) in [4.78, 5) is 35.9. The van der Waals surface area contributed by atoms with E-state index >= 15 is 0 Å². The van der Waals surface area contributed by atoms with E-state index in [1.807, 2.05) is 0 Å². The fourth-order valence-electron chi connectivity index (χ4n) is 2.44. The molecule has 0 aliphatic carbocycles. The average molecular weight is 444 g/mol. The number of ether oxygens (including phenoxy) is 1. The number of hydrazine groups is 1. The molecule has 0 atom stereocenters. The Morgan fingerprint density at radius 2 is 1.93 bits per heavy atom. The molecule has 2 amide bonds. The summed E-state index contributed by atoms with van der Waals surface area (Å²) in [6.45, 7) is 0.0319. The average Bonchev–Trinajstić information content (AvgIpc) is 2.96. The third-order valence-corrected chi connectivity index (χ3v) is 5.18. The minimum atomic E-state index is -0.954. The van der Waals surface area contributed by atoms with Crippen molar-refractivity contribution in [1.82, 2.24) is 10.4 Å². The number of aliphatic carboxylic acids is 1. The van der Waals surface area contributed by atoms with Crippen molar-refractivity contribution in [3.63, 3.8) is 0 Å².